The summed E-state index contributed by atoms with van der Waals surface area (Å²) in [6.45, 7) is 0.198. The molecule has 0 spiro atoms. The fourth-order valence-electron chi connectivity index (χ4n) is 0.964. The van der Waals surface area contributed by atoms with Crippen LogP contribution < -0.4 is 16.4 Å². The Morgan fingerprint density at radius 2 is 2.12 bits per heavy atom. The molecule has 7 heteroatoms. The van der Waals surface area contributed by atoms with Crippen LogP contribution in [0.15, 0.2) is 12.4 Å². The predicted molar refractivity (Wildman–Crippen MR) is 57.7 cm³/mol. The van der Waals surface area contributed by atoms with E-state index in [4.69, 9.17) is 5.73 Å². The Morgan fingerprint density at radius 3 is 2.62 bits per heavy atom. The Labute approximate surface area is 92.5 Å². The highest BCUT2D eigenvalue weighted by molar-refractivity contribution is 5.92. The number of anilines is 1. The number of amides is 2. The Hall–Kier alpha value is -2.18. The van der Waals surface area contributed by atoms with Gasteiger partial charge < -0.3 is 16.4 Å². The average Bonchev–Trinajstić information content (AvgIpc) is 2.28. The lowest BCUT2D eigenvalue weighted by atomic mass is 10.3. The first-order valence-electron chi connectivity index (χ1n) is 4.69. The van der Waals surface area contributed by atoms with E-state index in [1.165, 1.54) is 12.4 Å². The molecule has 0 saturated carbocycles. The molecule has 0 fully saturated rings. The first kappa shape index (κ1) is 11.9. The minimum absolute atomic E-state index is 0.105. The number of nitrogens with two attached hydrogens (primary N) is 1. The number of hydrogen-bond donors (Lipinski definition) is 3. The van der Waals surface area contributed by atoms with Gasteiger partial charge in [0.1, 0.15) is 11.5 Å². The van der Waals surface area contributed by atoms with Gasteiger partial charge in [-0.25, -0.2) is 9.97 Å². The van der Waals surface area contributed by atoms with E-state index in [-0.39, 0.29) is 24.6 Å². The molecule has 0 aromatic carbocycles. The second-order valence-electron chi connectivity index (χ2n) is 3.01. The molecule has 16 heavy (non-hydrogen) atoms. The lowest BCUT2D eigenvalue weighted by Gasteiger charge is -2.03. The van der Waals surface area contributed by atoms with E-state index in [0.29, 0.717) is 5.82 Å². The number of carbonyl (C=O) groups is 2. The van der Waals surface area contributed by atoms with Crippen molar-refractivity contribution in [2.75, 3.05) is 18.9 Å². The summed E-state index contributed by atoms with van der Waals surface area (Å²) in [6.07, 6.45) is 2.90. The smallest absolute Gasteiger partial charge is 0.271 e. The molecule has 1 aromatic heterocycles. The van der Waals surface area contributed by atoms with Gasteiger partial charge in [-0.1, -0.05) is 0 Å². The van der Waals surface area contributed by atoms with Crippen molar-refractivity contribution in [2.45, 2.75) is 6.42 Å². The summed E-state index contributed by atoms with van der Waals surface area (Å²) < 4.78 is 0. The molecule has 0 bridgehead atoms. The van der Waals surface area contributed by atoms with E-state index in [0.717, 1.165) is 0 Å². The summed E-state index contributed by atoms with van der Waals surface area (Å²) in [4.78, 5) is 29.7. The van der Waals surface area contributed by atoms with E-state index in [9.17, 15) is 9.59 Å². The van der Waals surface area contributed by atoms with Crippen LogP contribution in [0.25, 0.3) is 0 Å². The maximum absolute atomic E-state index is 11.4. The van der Waals surface area contributed by atoms with Crippen molar-refractivity contribution in [1.82, 2.24) is 15.3 Å². The number of aromatic nitrogens is 2. The van der Waals surface area contributed by atoms with Gasteiger partial charge in [0.25, 0.3) is 5.91 Å². The van der Waals surface area contributed by atoms with E-state index >= 15 is 0 Å². The molecule has 2 amide bonds. The van der Waals surface area contributed by atoms with Crippen LogP contribution in [0.1, 0.15) is 16.9 Å². The second-order valence-corrected chi connectivity index (χ2v) is 3.01. The summed E-state index contributed by atoms with van der Waals surface area (Å²) in [5.41, 5.74) is 5.13. The van der Waals surface area contributed by atoms with Crippen LogP contribution in [0.4, 0.5) is 5.82 Å². The molecule has 0 aliphatic heterocycles. The molecule has 86 valence electrons. The van der Waals surface area contributed by atoms with Gasteiger partial charge >= 0.3 is 0 Å². The molecule has 1 heterocycles. The van der Waals surface area contributed by atoms with Crippen LogP contribution in [0.5, 0.6) is 0 Å². The normalized spacial score (nSPS) is 9.56. The molecule has 7 nitrogen and oxygen atoms in total. The van der Waals surface area contributed by atoms with E-state index < -0.39 is 5.91 Å². The van der Waals surface area contributed by atoms with Crippen LogP contribution in [0, 0.1) is 0 Å². The maximum Gasteiger partial charge on any atom is 0.271 e. The van der Waals surface area contributed by atoms with Gasteiger partial charge in [-0.15, -0.1) is 0 Å². The number of rotatable bonds is 5. The maximum atomic E-state index is 11.4. The minimum atomic E-state index is -0.461. The highest BCUT2D eigenvalue weighted by atomic mass is 16.2. The fraction of sp³-hybridized carbons (Fsp3) is 0.333. The highest BCUT2D eigenvalue weighted by Crippen LogP contribution is 1.99. The summed E-state index contributed by atoms with van der Waals surface area (Å²) in [5, 5.41) is 5.29. The third kappa shape index (κ3) is 3.52. The zero-order chi connectivity index (χ0) is 12.0. The summed E-state index contributed by atoms with van der Waals surface area (Å²) in [6, 6.07) is 0. The van der Waals surface area contributed by atoms with Gasteiger partial charge in [0.15, 0.2) is 0 Å². The van der Waals surface area contributed by atoms with Gasteiger partial charge in [-0.05, 0) is 0 Å². The van der Waals surface area contributed by atoms with Gasteiger partial charge in [0.05, 0.1) is 12.4 Å². The van der Waals surface area contributed by atoms with Gasteiger partial charge in [-0.2, -0.15) is 0 Å². The van der Waals surface area contributed by atoms with Crippen molar-refractivity contribution in [2.24, 2.45) is 5.73 Å². The molecule has 0 atom stereocenters. The average molecular weight is 223 g/mol. The van der Waals surface area contributed by atoms with Crippen molar-refractivity contribution in [1.29, 1.82) is 0 Å². The minimum Gasteiger partial charge on any atom is -0.372 e. The predicted octanol–water partition coefficient (Wildman–Crippen LogP) is -0.876. The highest BCUT2D eigenvalue weighted by Gasteiger charge is 2.07. The van der Waals surface area contributed by atoms with Crippen molar-refractivity contribution < 1.29 is 9.59 Å². The Kier molecular flexibility index (Phi) is 4.19. The molecule has 0 unspecified atom stereocenters. The van der Waals surface area contributed by atoms with Crippen LogP contribution >= 0.6 is 0 Å². The number of hydrogen-bond acceptors (Lipinski definition) is 5. The SMILES string of the molecule is CNc1cnc(C(=O)NCCC(N)=O)cn1. The molecule has 0 saturated heterocycles. The Morgan fingerprint density at radius 1 is 1.38 bits per heavy atom. The molecular formula is C9H13N5O2. The zero-order valence-electron chi connectivity index (χ0n) is 8.86. The first-order chi connectivity index (χ1) is 7.63. The van der Waals surface area contributed by atoms with Crippen LogP contribution in [-0.4, -0.2) is 35.4 Å². The summed E-state index contributed by atoms with van der Waals surface area (Å²) >= 11 is 0. The number of primary amides is 1. The molecule has 4 N–H and O–H groups in total. The third-order valence-corrected chi connectivity index (χ3v) is 1.80. The molecular weight excluding hydrogens is 210 g/mol. The monoisotopic (exact) mass is 223 g/mol. The topological polar surface area (TPSA) is 110 Å². The lowest BCUT2D eigenvalue weighted by Crippen LogP contribution is -2.28. The van der Waals surface area contributed by atoms with E-state index in [1.807, 2.05) is 0 Å². The van der Waals surface area contributed by atoms with Crippen molar-refractivity contribution in [3.8, 4) is 0 Å². The summed E-state index contributed by atoms with van der Waals surface area (Å²) in [7, 11) is 1.70. The first-order valence-corrected chi connectivity index (χ1v) is 4.69. The Balaban J connectivity index is 2.49. The van der Waals surface area contributed by atoms with Crippen LogP contribution in [-0.2, 0) is 4.79 Å². The quantitative estimate of drug-likeness (QED) is 0.600. The zero-order valence-corrected chi connectivity index (χ0v) is 8.86. The van der Waals surface area contributed by atoms with E-state index in [2.05, 4.69) is 20.6 Å². The molecule has 0 radical (unpaired) electrons. The fourth-order valence-corrected chi connectivity index (χ4v) is 0.964. The summed E-state index contributed by atoms with van der Waals surface area (Å²) in [5.74, 6) is -0.262. The Bertz CT molecular complexity index is 376. The molecule has 0 aliphatic rings. The standard InChI is InChI=1S/C9H13N5O2/c1-11-8-5-13-6(4-14-8)9(16)12-3-2-7(10)15/h4-5H,2-3H2,1H3,(H2,10,15)(H,11,14)(H,12,16). The third-order valence-electron chi connectivity index (χ3n) is 1.80. The van der Waals surface area contributed by atoms with Crippen molar-refractivity contribution >= 4 is 17.6 Å². The van der Waals surface area contributed by atoms with Crippen molar-refractivity contribution in [3.05, 3.63) is 18.1 Å². The van der Waals surface area contributed by atoms with E-state index in [1.54, 1.807) is 7.05 Å². The lowest BCUT2D eigenvalue weighted by molar-refractivity contribution is -0.117. The largest absolute Gasteiger partial charge is 0.372 e. The number of carbonyl (C=O) groups excluding carboxylic acids is 2. The number of nitrogens with zero attached hydrogens (tertiary/aromatic N) is 2. The molecule has 1 aromatic rings. The van der Waals surface area contributed by atoms with Gasteiger partial charge in [-0.3, -0.25) is 9.59 Å². The van der Waals surface area contributed by atoms with Gasteiger partial charge in [0.2, 0.25) is 5.91 Å². The van der Waals surface area contributed by atoms with Crippen LogP contribution in [0.3, 0.4) is 0 Å². The molecule has 0 aliphatic carbocycles. The van der Waals surface area contributed by atoms with Gasteiger partial charge in [0, 0.05) is 20.0 Å². The second kappa shape index (κ2) is 5.64. The number of nitrogens with one attached hydrogen (secondary N) is 2. The molecule has 1 rings (SSSR count). The van der Waals surface area contributed by atoms with Crippen LogP contribution in [0.2, 0.25) is 0 Å². The van der Waals surface area contributed by atoms with Crippen molar-refractivity contribution in [3.63, 3.8) is 0 Å².